The van der Waals surface area contributed by atoms with Crippen LogP contribution in [-0.4, -0.2) is 6.71 Å². The van der Waals surface area contributed by atoms with Crippen LogP contribution in [0.3, 0.4) is 0 Å². The van der Waals surface area contributed by atoms with Crippen LogP contribution >= 0.6 is 0 Å². The summed E-state index contributed by atoms with van der Waals surface area (Å²) < 4.78 is 19.5. The molecule has 0 N–H and O–H groups in total. The van der Waals surface area contributed by atoms with Crippen molar-refractivity contribution < 1.29 is 13.9 Å². The monoisotopic (exact) mass is 525 g/mol. The molecule has 4 heterocycles. The van der Waals surface area contributed by atoms with Crippen LogP contribution in [0.4, 0.5) is 17.1 Å². The molecule has 4 nitrogen and oxygen atoms in total. The van der Waals surface area contributed by atoms with Gasteiger partial charge in [-0.15, -0.1) is 0 Å². The van der Waals surface area contributed by atoms with Crippen molar-refractivity contribution in [1.29, 1.82) is 0 Å². The van der Waals surface area contributed by atoms with E-state index in [-0.39, 0.29) is 6.71 Å². The molecule has 10 rings (SSSR count). The maximum Gasteiger partial charge on any atom is 0.266 e. The summed E-state index contributed by atoms with van der Waals surface area (Å²) in [6, 6.07) is 42.1. The highest BCUT2D eigenvalue weighted by molar-refractivity contribution is 7.00. The molecule has 0 aliphatic carbocycles. The highest BCUT2D eigenvalue weighted by Crippen LogP contribution is 2.46. The van der Waals surface area contributed by atoms with Crippen LogP contribution in [0.25, 0.3) is 33.1 Å². The third kappa shape index (κ3) is 2.80. The summed E-state index contributed by atoms with van der Waals surface area (Å²) in [5, 5.41) is 2.22. The van der Waals surface area contributed by atoms with Crippen molar-refractivity contribution >= 4 is 62.1 Å². The summed E-state index contributed by atoms with van der Waals surface area (Å²) in [5.41, 5.74) is 10.8. The van der Waals surface area contributed by atoms with Gasteiger partial charge < -0.3 is 18.8 Å². The van der Waals surface area contributed by atoms with Crippen molar-refractivity contribution in [1.82, 2.24) is 0 Å². The minimum atomic E-state index is 0.0363. The molecule has 0 amide bonds. The minimum Gasteiger partial charge on any atom is -0.458 e. The summed E-state index contributed by atoms with van der Waals surface area (Å²) in [7, 11) is 0. The second kappa shape index (κ2) is 7.61. The maximum atomic E-state index is 6.71. The fraction of sp³-hybridized carbons (Fsp3) is 0. The van der Waals surface area contributed by atoms with Crippen LogP contribution in [0.15, 0.2) is 126 Å². The van der Waals surface area contributed by atoms with Crippen LogP contribution in [0, 0.1) is 0 Å². The second-order valence-electron chi connectivity index (χ2n) is 10.9. The molecule has 0 fully saturated rings. The Bertz CT molecular complexity index is 2160. The molecule has 190 valence electrons. The Morgan fingerprint density at radius 1 is 0.463 bits per heavy atom. The number of fused-ring (bicyclic) bond motifs is 3. The van der Waals surface area contributed by atoms with E-state index >= 15 is 0 Å². The largest absolute Gasteiger partial charge is 0.458 e. The number of rotatable bonds is 2. The smallest absolute Gasteiger partial charge is 0.266 e. The first-order chi connectivity index (χ1) is 20.3. The fourth-order valence-corrected chi connectivity index (χ4v) is 6.99. The van der Waals surface area contributed by atoms with E-state index in [4.69, 9.17) is 13.9 Å². The van der Waals surface area contributed by atoms with Crippen LogP contribution in [0.1, 0.15) is 0 Å². The van der Waals surface area contributed by atoms with Crippen LogP contribution < -0.4 is 30.8 Å². The molecule has 1 aromatic heterocycles. The molecular weight excluding hydrogens is 505 g/mol. The van der Waals surface area contributed by atoms with Crippen molar-refractivity contribution in [2.24, 2.45) is 0 Å². The summed E-state index contributed by atoms with van der Waals surface area (Å²) >= 11 is 0. The zero-order chi connectivity index (χ0) is 26.7. The number of anilines is 3. The predicted octanol–water partition coefficient (Wildman–Crippen LogP) is 7.76. The van der Waals surface area contributed by atoms with Gasteiger partial charge in [-0.3, -0.25) is 0 Å². The topological polar surface area (TPSA) is 34.8 Å². The molecule has 0 saturated heterocycles. The first-order valence-corrected chi connectivity index (χ1v) is 13.9. The Morgan fingerprint density at radius 2 is 1.12 bits per heavy atom. The zero-order valence-corrected chi connectivity index (χ0v) is 21.8. The Morgan fingerprint density at radius 3 is 1.85 bits per heavy atom. The van der Waals surface area contributed by atoms with E-state index in [0.717, 1.165) is 78.6 Å². The van der Waals surface area contributed by atoms with E-state index in [1.54, 1.807) is 0 Å². The molecule has 3 aliphatic heterocycles. The third-order valence-electron chi connectivity index (χ3n) is 8.70. The molecule has 5 heteroatoms. The van der Waals surface area contributed by atoms with E-state index in [9.17, 15) is 0 Å². The minimum absolute atomic E-state index is 0.0363. The van der Waals surface area contributed by atoms with Gasteiger partial charge in [0.2, 0.25) is 0 Å². The second-order valence-corrected chi connectivity index (χ2v) is 10.9. The number of benzene rings is 6. The van der Waals surface area contributed by atoms with Gasteiger partial charge in [0.1, 0.15) is 34.2 Å². The number of furan rings is 1. The highest BCUT2D eigenvalue weighted by atomic mass is 16.5. The average Bonchev–Trinajstić information content (AvgIpc) is 3.39. The van der Waals surface area contributed by atoms with Crippen molar-refractivity contribution in [2.45, 2.75) is 0 Å². The van der Waals surface area contributed by atoms with Gasteiger partial charge in [-0.2, -0.15) is 0 Å². The molecule has 6 aromatic carbocycles. The maximum absolute atomic E-state index is 6.71. The highest BCUT2D eigenvalue weighted by Gasteiger charge is 2.47. The van der Waals surface area contributed by atoms with Gasteiger partial charge in [-0.25, -0.2) is 0 Å². The van der Waals surface area contributed by atoms with E-state index in [1.165, 1.54) is 10.9 Å². The van der Waals surface area contributed by atoms with Gasteiger partial charge in [0.15, 0.2) is 0 Å². The molecule has 0 saturated carbocycles. The van der Waals surface area contributed by atoms with Gasteiger partial charge in [-0.05, 0) is 88.8 Å². The molecule has 0 spiro atoms. The lowest BCUT2D eigenvalue weighted by atomic mass is 9.33. The molecular formula is C36H20BNO3. The lowest BCUT2D eigenvalue weighted by molar-refractivity contribution is 0.464. The molecule has 7 aromatic rings. The SMILES string of the molecule is c1ccc(N2c3cccc4c3B3c5c(cc(-c6ccc7oc8ccccc8c7c6)cc5Oc5cccc2c53)O4)cc1. The fourth-order valence-electron chi connectivity index (χ4n) is 6.99. The van der Waals surface area contributed by atoms with Crippen LogP contribution in [-0.2, 0) is 0 Å². The molecule has 0 bridgehead atoms. The average molecular weight is 525 g/mol. The molecule has 0 atom stereocenters. The van der Waals surface area contributed by atoms with Crippen molar-refractivity contribution in [3.8, 4) is 34.1 Å². The van der Waals surface area contributed by atoms with Crippen LogP contribution in [0.2, 0.25) is 0 Å². The van der Waals surface area contributed by atoms with Gasteiger partial charge in [0.25, 0.3) is 6.71 Å². The lowest BCUT2D eigenvalue weighted by Crippen LogP contribution is -2.61. The van der Waals surface area contributed by atoms with Gasteiger partial charge >= 0.3 is 0 Å². The first kappa shape index (κ1) is 21.4. The standard InChI is InChI=1S/C36H20BNO3/c1-2-8-23(9-3-1)38-26-11-6-14-30-34(26)37-35-27(38)12-7-15-31(35)41-33-20-22(19-32(40-30)36(33)37)21-16-17-29-25(18-21)24-10-4-5-13-28(24)39-29/h1-20H. The zero-order valence-electron chi connectivity index (χ0n) is 21.8. The Balaban J connectivity index is 1.20. The van der Waals surface area contributed by atoms with Gasteiger partial charge in [0.05, 0.1) is 0 Å². The van der Waals surface area contributed by atoms with Gasteiger partial charge in [-0.1, -0.05) is 54.6 Å². The molecule has 0 unspecified atom stereocenters. The molecule has 0 radical (unpaired) electrons. The number of hydrogen-bond donors (Lipinski definition) is 0. The van der Waals surface area contributed by atoms with E-state index in [2.05, 4.69) is 114 Å². The molecule has 3 aliphatic rings. The molecule has 41 heavy (non-hydrogen) atoms. The quantitative estimate of drug-likeness (QED) is 0.216. The van der Waals surface area contributed by atoms with Crippen molar-refractivity contribution in [2.75, 3.05) is 4.90 Å². The number of nitrogens with zero attached hydrogens (tertiary/aromatic N) is 1. The van der Waals surface area contributed by atoms with Gasteiger partial charge in [0, 0.05) is 33.3 Å². The summed E-state index contributed by atoms with van der Waals surface area (Å²) in [5.74, 6) is 3.47. The number of para-hydroxylation sites is 2. The van der Waals surface area contributed by atoms with Crippen molar-refractivity contribution in [3.05, 3.63) is 121 Å². The normalized spacial score (nSPS) is 13.7. The lowest BCUT2D eigenvalue weighted by Gasteiger charge is -2.42. The van der Waals surface area contributed by atoms with E-state index in [0.29, 0.717) is 0 Å². The Hall–Kier alpha value is -5.42. The van der Waals surface area contributed by atoms with Crippen molar-refractivity contribution in [3.63, 3.8) is 0 Å². The Labute approximate surface area is 236 Å². The summed E-state index contributed by atoms with van der Waals surface area (Å²) in [6.07, 6.45) is 0. The number of hydrogen-bond acceptors (Lipinski definition) is 4. The predicted molar refractivity (Wildman–Crippen MR) is 165 cm³/mol. The summed E-state index contributed by atoms with van der Waals surface area (Å²) in [4.78, 5) is 2.33. The van der Waals surface area contributed by atoms with Crippen LogP contribution in [0.5, 0.6) is 23.0 Å². The third-order valence-corrected chi connectivity index (χ3v) is 8.70. The van der Waals surface area contributed by atoms with E-state index < -0.39 is 0 Å². The Kier molecular flexibility index (Phi) is 3.98. The summed E-state index contributed by atoms with van der Waals surface area (Å²) in [6.45, 7) is 0.0363. The number of ether oxygens (including phenoxy) is 2. The van der Waals surface area contributed by atoms with E-state index in [1.807, 2.05) is 12.1 Å². The first-order valence-electron chi connectivity index (χ1n) is 13.9.